The molecule has 0 amide bonds. The van der Waals surface area contributed by atoms with Gasteiger partial charge in [-0.3, -0.25) is 4.79 Å². The fourth-order valence-electron chi connectivity index (χ4n) is 5.82. The lowest BCUT2D eigenvalue weighted by atomic mass is 9.47. The molecule has 4 rings (SSSR count). The zero-order valence-corrected chi connectivity index (χ0v) is 12.9. The Balaban J connectivity index is 1.76. The van der Waals surface area contributed by atoms with Gasteiger partial charge in [-0.2, -0.15) is 0 Å². The van der Waals surface area contributed by atoms with Crippen molar-refractivity contribution in [2.45, 2.75) is 45.6 Å². The van der Waals surface area contributed by atoms with Crippen LogP contribution in [-0.4, -0.2) is 17.0 Å². The number of ketones is 1. The fraction of sp³-hybridized carbons (Fsp3) is 0.632. The summed E-state index contributed by atoms with van der Waals surface area (Å²) in [6.07, 6.45) is 14.1. The van der Waals surface area contributed by atoms with Crippen molar-refractivity contribution < 1.29 is 9.90 Å². The van der Waals surface area contributed by atoms with Crippen LogP contribution in [0.5, 0.6) is 0 Å². The first kappa shape index (κ1) is 13.5. The standard InChI is InChI=1S/C19H24O2/c1-18-8-3-4-15(18)14-6-5-12-10-13(20)7-9-19(12,2)17(14)16(21)11-18/h3,7-10,14-17,21H,4-6,11H2,1-2H3/t14-,15-,16?,17+,18-,19-/m0/s1. The predicted molar refractivity (Wildman–Crippen MR) is 82.5 cm³/mol. The summed E-state index contributed by atoms with van der Waals surface area (Å²) in [6, 6.07) is 0. The average Bonchev–Trinajstić information content (AvgIpc) is 2.80. The highest BCUT2D eigenvalue weighted by atomic mass is 16.3. The number of fused-ring (bicyclic) bond motifs is 5. The van der Waals surface area contributed by atoms with Crippen LogP contribution in [0.4, 0.5) is 0 Å². The third-order valence-electron chi connectivity index (χ3n) is 6.82. The second-order valence-electron chi connectivity index (χ2n) is 7.94. The molecule has 2 fully saturated rings. The maximum atomic E-state index is 11.7. The van der Waals surface area contributed by atoms with Gasteiger partial charge in [0, 0.05) is 11.3 Å². The van der Waals surface area contributed by atoms with Crippen LogP contribution in [0.2, 0.25) is 0 Å². The summed E-state index contributed by atoms with van der Waals surface area (Å²) in [4.78, 5) is 11.7. The number of aliphatic hydroxyl groups excluding tert-OH is 1. The van der Waals surface area contributed by atoms with Gasteiger partial charge in [-0.1, -0.05) is 37.6 Å². The molecule has 0 spiro atoms. The first-order chi connectivity index (χ1) is 9.94. The zero-order valence-electron chi connectivity index (χ0n) is 12.9. The van der Waals surface area contributed by atoms with Gasteiger partial charge >= 0.3 is 0 Å². The lowest BCUT2D eigenvalue weighted by molar-refractivity contribution is -0.112. The molecule has 21 heavy (non-hydrogen) atoms. The second kappa shape index (κ2) is 4.19. The van der Waals surface area contributed by atoms with Crippen molar-refractivity contribution in [2.75, 3.05) is 0 Å². The second-order valence-corrected chi connectivity index (χ2v) is 7.94. The van der Waals surface area contributed by atoms with Gasteiger partial charge in [-0.05, 0) is 55.1 Å². The maximum absolute atomic E-state index is 11.7. The average molecular weight is 284 g/mol. The molecule has 1 unspecified atom stereocenters. The SMILES string of the molecule is C[C@@]12C=CC[C@H]1[C@@H]1CCC3=CC(=O)C=C[C@]3(C)[C@H]1C(O)C2. The molecule has 0 heterocycles. The van der Waals surface area contributed by atoms with Crippen molar-refractivity contribution in [1.29, 1.82) is 0 Å². The zero-order chi connectivity index (χ0) is 14.8. The van der Waals surface area contributed by atoms with E-state index in [9.17, 15) is 9.90 Å². The molecule has 112 valence electrons. The fourth-order valence-corrected chi connectivity index (χ4v) is 5.82. The van der Waals surface area contributed by atoms with Gasteiger partial charge < -0.3 is 5.11 Å². The molecule has 4 aliphatic carbocycles. The van der Waals surface area contributed by atoms with E-state index in [0.717, 1.165) is 25.7 Å². The molecular weight excluding hydrogens is 260 g/mol. The predicted octanol–water partition coefficient (Wildman–Crippen LogP) is 3.43. The first-order valence-electron chi connectivity index (χ1n) is 8.24. The molecule has 0 aliphatic heterocycles. The van der Waals surface area contributed by atoms with E-state index < -0.39 is 0 Å². The Bertz CT molecular complexity index is 584. The molecule has 4 aliphatic rings. The van der Waals surface area contributed by atoms with Gasteiger partial charge in [-0.15, -0.1) is 0 Å². The number of hydrogen-bond acceptors (Lipinski definition) is 2. The smallest absolute Gasteiger partial charge is 0.178 e. The Morgan fingerprint density at radius 1 is 1.29 bits per heavy atom. The highest BCUT2D eigenvalue weighted by Crippen LogP contribution is 2.62. The highest BCUT2D eigenvalue weighted by Gasteiger charge is 2.57. The Kier molecular flexibility index (Phi) is 2.70. The summed E-state index contributed by atoms with van der Waals surface area (Å²) < 4.78 is 0. The summed E-state index contributed by atoms with van der Waals surface area (Å²) in [7, 11) is 0. The Morgan fingerprint density at radius 2 is 2.10 bits per heavy atom. The molecule has 6 atom stereocenters. The van der Waals surface area contributed by atoms with Gasteiger partial charge in [-0.25, -0.2) is 0 Å². The third kappa shape index (κ3) is 1.72. The molecule has 2 nitrogen and oxygen atoms in total. The van der Waals surface area contributed by atoms with E-state index in [1.807, 2.05) is 6.08 Å². The van der Waals surface area contributed by atoms with E-state index >= 15 is 0 Å². The summed E-state index contributed by atoms with van der Waals surface area (Å²) in [6.45, 7) is 4.54. The lowest BCUT2D eigenvalue weighted by Crippen LogP contribution is -2.54. The molecule has 2 heteroatoms. The van der Waals surface area contributed by atoms with Gasteiger partial charge in [0.05, 0.1) is 6.10 Å². The minimum atomic E-state index is -0.273. The molecule has 0 saturated heterocycles. The summed E-state index contributed by atoms with van der Waals surface area (Å²) in [5, 5.41) is 10.9. The molecule has 0 bridgehead atoms. The number of hydrogen-bond donors (Lipinski definition) is 1. The summed E-state index contributed by atoms with van der Waals surface area (Å²) >= 11 is 0. The van der Waals surface area contributed by atoms with Crippen molar-refractivity contribution in [2.24, 2.45) is 28.6 Å². The van der Waals surface area contributed by atoms with Crippen LogP contribution in [-0.2, 0) is 4.79 Å². The van der Waals surface area contributed by atoms with Gasteiger partial charge in [0.25, 0.3) is 0 Å². The van der Waals surface area contributed by atoms with Crippen molar-refractivity contribution in [3.63, 3.8) is 0 Å². The van der Waals surface area contributed by atoms with E-state index in [1.54, 1.807) is 6.08 Å². The van der Waals surface area contributed by atoms with Gasteiger partial charge in [0.15, 0.2) is 5.78 Å². The normalized spacial score (nSPS) is 51.2. The van der Waals surface area contributed by atoms with Crippen molar-refractivity contribution in [3.05, 3.63) is 36.0 Å². The molecule has 0 aromatic heterocycles. The molecule has 0 aromatic carbocycles. The summed E-state index contributed by atoms with van der Waals surface area (Å²) in [5.41, 5.74) is 1.29. The van der Waals surface area contributed by atoms with E-state index in [1.165, 1.54) is 5.57 Å². The first-order valence-corrected chi connectivity index (χ1v) is 8.24. The number of aliphatic hydroxyl groups is 1. The number of allylic oxidation sites excluding steroid dienone is 6. The number of carbonyl (C=O) groups excluding carboxylic acids is 1. The van der Waals surface area contributed by atoms with E-state index in [4.69, 9.17) is 0 Å². The quantitative estimate of drug-likeness (QED) is 0.692. The molecule has 1 N–H and O–H groups in total. The van der Waals surface area contributed by atoms with Crippen LogP contribution in [0, 0.1) is 28.6 Å². The van der Waals surface area contributed by atoms with Crippen LogP contribution in [0.3, 0.4) is 0 Å². The van der Waals surface area contributed by atoms with Crippen LogP contribution in [0.15, 0.2) is 36.0 Å². The highest BCUT2D eigenvalue weighted by molar-refractivity contribution is 6.01. The lowest BCUT2D eigenvalue weighted by Gasteiger charge is -2.57. The Morgan fingerprint density at radius 3 is 2.90 bits per heavy atom. The van der Waals surface area contributed by atoms with E-state index in [-0.39, 0.29) is 28.6 Å². The number of carbonyl (C=O) groups is 1. The Labute approximate surface area is 126 Å². The molecular formula is C19H24O2. The topological polar surface area (TPSA) is 37.3 Å². The molecule has 0 aromatic rings. The van der Waals surface area contributed by atoms with Crippen LogP contribution in [0.25, 0.3) is 0 Å². The van der Waals surface area contributed by atoms with Crippen molar-refractivity contribution >= 4 is 5.78 Å². The largest absolute Gasteiger partial charge is 0.393 e. The minimum Gasteiger partial charge on any atom is -0.393 e. The van der Waals surface area contributed by atoms with Crippen molar-refractivity contribution in [3.8, 4) is 0 Å². The van der Waals surface area contributed by atoms with E-state index in [2.05, 4.69) is 32.1 Å². The van der Waals surface area contributed by atoms with Crippen LogP contribution in [0.1, 0.15) is 39.5 Å². The van der Waals surface area contributed by atoms with Gasteiger partial charge in [0.2, 0.25) is 0 Å². The van der Waals surface area contributed by atoms with Gasteiger partial charge in [0.1, 0.15) is 0 Å². The minimum absolute atomic E-state index is 0.110. The summed E-state index contributed by atoms with van der Waals surface area (Å²) in [5.74, 6) is 1.60. The van der Waals surface area contributed by atoms with Crippen LogP contribution < -0.4 is 0 Å². The molecule has 2 saturated carbocycles. The van der Waals surface area contributed by atoms with Crippen LogP contribution >= 0.6 is 0 Å². The Hall–Kier alpha value is -1.15. The van der Waals surface area contributed by atoms with E-state index in [0.29, 0.717) is 11.8 Å². The monoisotopic (exact) mass is 284 g/mol. The molecule has 0 radical (unpaired) electrons. The third-order valence-corrected chi connectivity index (χ3v) is 6.82. The number of rotatable bonds is 0. The maximum Gasteiger partial charge on any atom is 0.178 e. The van der Waals surface area contributed by atoms with Crippen molar-refractivity contribution in [1.82, 2.24) is 0 Å².